The Hall–Kier alpha value is -3.08. The Bertz CT molecular complexity index is 885. The van der Waals surface area contributed by atoms with E-state index in [4.69, 9.17) is 4.42 Å². The van der Waals surface area contributed by atoms with E-state index in [1.54, 1.807) is 12.5 Å². The van der Waals surface area contributed by atoms with Crippen LogP contribution in [0, 0.1) is 5.92 Å². The molecule has 0 spiro atoms. The van der Waals surface area contributed by atoms with Gasteiger partial charge in [-0.3, -0.25) is 9.78 Å². The molecule has 1 saturated heterocycles. The Balaban J connectivity index is 1.31. The molecule has 1 fully saturated rings. The minimum absolute atomic E-state index is 0.0137. The standard InChI is InChI=1S/C23H25N3O2/c27-23(22-16-20(8-11-24-22)25-17-21-7-4-14-28-21)26-12-9-19(10-13-26)15-18-5-2-1-3-6-18/h1-8,11,14,16,19H,9-10,12-13,15,17H2,(H,24,25). The maximum atomic E-state index is 12.9. The fourth-order valence-corrected chi connectivity index (χ4v) is 3.71. The Morgan fingerprint density at radius 2 is 1.93 bits per heavy atom. The highest BCUT2D eigenvalue weighted by Crippen LogP contribution is 2.23. The van der Waals surface area contributed by atoms with Crippen LogP contribution in [0.25, 0.3) is 0 Å². The molecular weight excluding hydrogens is 350 g/mol. The van der Waals surface area contributed by atoms with E-state index < -0.39 is 0 Å². The summed E-state index contributed by atoms with van der Waals surface area (Å²) < 4.78 is 5.33. The summed E-state index contributed by atoms with van der Waals surface area (Å²) in [5, 5.41) is 3.28. The van der Waals surface area contributed by atoms with E-state index in [2.05, 4.69) is 40.6 Å². The van der Waals surface area contributed by atoms with E-state index in [0.717, 1.165) is 43.8 Å². The van der Waals surface area contributed by atoms with Crippen molar-refractivity contribution in [3.05, 3.63) is 84.1 Å². The van der Waals surface area contributed by atoms with E-state index in [1.165, 1.54) is 5.56 Å². The van der Waals surface area contributed by atoms with Gasteiger partial charge >= 0.3 is 0 Å². The lowest BCUT2D eigenvalue weighted by atomic mass is 9.90. The highest BCUT2D eigenvalue weighted by molar-refractivity contribution is 5.93. The third-order valence-electron chi connectivity index (χ3n) is 5.29. The maximum Gasteiger partial charge on any atom is 0.272 e. The van der Waals surface area contributed by atoms with Crippen molar-refractivity contribution in [2.45, 2.75) is 25.8 Å². The van der Waals surface area contributed by atoms with E-state index in [-0.39, 0.29) is 5.91 Å². The summed E-state index contributed by atoms with van der Waals surface area (Å²) in [4.78, 5) is 19.1. The van der Waals surface area contributed by atoms with Gasteiger partial charge in [0.05, 0.1) is 12.8 Å². The molecule has 1 aliphatic rings. The van der Waals surface area contributed by atoms with Gasteiger partial charge in [0, 0.05) is 25.0 Å². The first-order valence-corrected chi connectivity index (χ1v) is 9.83. The van der Waals surface area contributed by atoms with Gasteiger partial charge in [0.15, 0.2) is 0 Å². The fraction of sp³-hybridized carbons (Fsp3) is 0.304. The largest absolute Gasteiger partial charge is 0.467 e. The van der Waals surface area contributed by atoms with Gasteiger partial charge in [-0.05, 0) is 55.0 Å². The van der Waals surface area contributed by atoms with Crippen molar-refractivity contribution in [3.8, 4) is 0 Å². The average molecular weight is 375 g/mol. The number of anilines is 1. The second-order valence-electron chi connectivity index (χ2n) is 7.29. The molecule has 4 rings (SSSR count). The number of likely N-dealkylation sites (tertiary alicyclic amines) is 1. The lowest BCUT2D eigenvalue weighted by molar-refractivity contribution is 0.0684. The Labute approximate surface area is 165 Å². The number of nitrogens with zero attached hydrogens (tertiary/aromatic N) is 2. The Morgan fingerprint density at radius 1 is 1.11 bits per heavy atom. The number of pyridine rings is 1. The Kier molecular flexibility index (Phi) is 5.71. The van der Waals surface area contributed by atoms with Crippen LogP contribution >= 0.6 is 0 Å². The first kappa shape index (κ1) is 18.3. The smallest absolute Gasteiger partial charge is 0.272 e. The summed E-state index contributed by atoms with van der Waals surface area (Å²) in [6.45, 7) is 2.17. The van der Waals surface area contributed by atoms with Crippen LogP contribution in [0.4, 0.5) is 5.69 Å². The van der Waals surface area contributed by atoms with Crippen molar-refractivity contribution in [2.24, 2.45) is 5.92 Å². The lowest BCUT2D eigenvalue weighted by Gasteiger charge is -2.32. The van der Waals surface area contributed by atoms with Gasteiger partial charge in [-0.25, -0.2) is 0 Å². The molecule has 0 saturated carbocycles. The third-order valence-corrected chi connectivity index (χ3v) is 5.29. The van der Waals surface area contributed by atoms with E-state index in [1.807, 2.05) is 29.2 Å². The van der Waals surface area contributed by atoms with Crippen LogP contribution in [0.1, 0.15) is 34.7 Å². The molecule has 1 amide bonds. The van der Waals surface area contributed by atoms with Gasteiger partial charge in [0.2, 0.25) is 0 Å². The summed E-state index contributed by atoms with van der Waals surface area (Å²) in [6, 6.07) is 18.1. The summed E-state index contributed by atoms with van der Waals surface area (Å²) >= 11 is 0. The third kappa shape index (κ3) is 4.60. The van der Waals surface area contributed by atoms with Crippen LogP contribution in [0.15, 0.2) is 71.5 Å². The molecule has 1 N–H and O–H groups in total. The number of aromatic nitrogens is 1. The molecule has 1 aromatic carbocycles. The molecule has 0 unspecified atom stereocenters. The number of benzene rings is 1. The molecule has 5 heteroatoms. The number of nitrogens with one attached hydrogen (secondary N) is 1. The van der Waals surface area contributed by atoms with Gasteiger partial charge in [-0.1, -0.05) is 30.3 Å². The van der Waals surface area contributed by atoms with Crippen molar-refractivity contribution in [2.75, 3.05) is 18.4 Å². The zero-order valence-electron chi connectivity index (χ0n) is 15.9. The van der Waals surface area contributed by atoms with Crippen LogP contribution < -0.4 is 5.32 Å². The minimum Gasteiger partial charge on any atom is -0.467 e. The van der Waals surface area contributed by atoms with Crippen molar-refractivity contribution >= 4 is 11.6 Å². The first-order chi connectivity index (χ1) is 13.8. The lowest BCUT2D eigenvalue weighted by Crippen LogP contribution is -2.39. The van der Waals surface area contributed by atoms with Crippen molar-refractivity contribution < 1.29 is 9.21 Å². The number of amides is 1. The molecule has 3 heterocycles. The number of furan rings is 1. The zero-order chi connectivity index (χ0) is 19.2. The molecule has 144 valence electrons. The highest BCUT2D eigenvalue weighted by atomic mass is 16.3. The van der Waals surface area contributed by atoms with Gasteiger partial charge in [0.25, 0.3) is 5.91 Å². The van der Waals surface area contributed by atoms with Crippen LogP contribution in [-0.4, -0.2) is 28.9 Å². The number of carbonyl (C=O) groups excluding carboxylic acids is 1. The SMILES string of the molecule is O=C(c1cc(NCc2ccco2)ccn1)N1CCC(Cc2ccccc2)CC1. The molecule has 3 aromatic rings. The van der Waals surface area contributed by atoms with E-state index in [9.17, 15) is 4.79 Å². The van der Waals surface area contributed by atoms with Gasteiger partial charge in [-0.15, -0.1) is 0 Å². The Morgan fingerprint density at radius 3 is 2.68 bits per heavy atom. The van der Waals surface area contributed by atoms with E-state index >= 15 is 0 Å². The molecular formula is C23H25N3O2. The van der Waals surface area contributed by atoms with Crippen LogP contribution in [0.3, 0.4) is 0 Å². The molecule has 28 heavy (non-hydrogen) atoms. The molecule has 0 atom stereocenters. The predicted octanol–water partition coefficient (Wildman–Crippen LogP) is 4.38. The topological polar surface area (TPSA) is 58.4 Å². The second-order valence-corrected chi connectivity index (χ2v) is 7.29. The van der Waals surface area contributed by atoms with Crippen molar-refractivity contribution in [1.29, 1.82) is 0 Å². The number of rotatable bonds is 6. The van der Waals surface area contributed by atoms with Crippen molar-refractivity contribution in [1.82, 2.24) is 9.88 Å². The highest BCUT2D eigenvalue weighted by Gasteiger charge is 2.24. The molecule has 0 radical (unpaired) electrons. The maximum absolute atomic E-state index is 12.9. The summed E-state index contributed by atoms with van der Waals surface area (Å²) in [5.74, 6) is 1.51. The normalized spacial score (nSPS) is 14.8. The summed E-state index contributed by atoms with van der Waals surface area (Å²) in [6.07, 6.45) is 6.50. The monoisotopic (exact) mass is 375 g/mol. The number of hydrogen-bond donors (Lipinski definition) is 1. The minimum atomic E-state index is 0.0137. The molecule has 1 aliphatic heterocycles. The zero-order valence-corrected chi connectivity index (χ0v) is 15.9. The molecule has 5 nitrogen and oxygen atoms in total. The quantitative estimate of drug-likeness (QED) is 0.695. The van der Waals surface area contributed by atoms with Gasteiger partial charge in [-0.2, -0.15) is 0 Å². The van der Waals surface area contributed by atoms with Crippen molar-refractivity contribution in [3.63, 3.8) is 0 Å². The van der Waals surface area contributed by atoms with Crippen LogP contribution in [0.2, 0.25) is 0 Å². The van der Waals surface area contributed by atoms with Crippen LogP contribution in [-0.2, 0) is 13.0 Å². The molecule has 0 bridgehead atoms. The van der Waals surface area contributed by atoms with Gasteiger partial charge in [0.1, 0.15) is 11.5 Å². The second kappa shape index (κ2) is 8.74. The average Bonchev–Trinajstić information content (AvgIpc) is 3.27. The number of carbonyl (C=O) groups is 1. The first-order valence-electron chi connectivity index (χ1n) is 9.83. The van der Waals surface area contributed by atoms with Crippen LogP contribution in [0.5, 0.6) is 0 Å². The molecule has 0 aliphatic carbocycles. The number of hydrogen-bond acceptors (Lipinski definition) is 4. The number of piperidine rings is 1. The predicted molar refractivity (Wildman–Crippen MR) is 109 cm³/mol. The fourth-order valence-electron chi connectivity index (χ4n) is 3.71. The molecule has 2 aromatic heterocycles. The summed E-state index contributed by atoms with van der Waals surface area (Å²) in [7, 11) is 0. The van der Waals surface area contributed by atoms with E-state index in [0.29, 0.717) is 18.2 Å². The van der Waals surface area contributed by atoms with Gasteiger partial charge < -0.3 is 14.6 Å². The summed E-state index contributed by atoms with van der Waals surface area (Å²) in [5.41, 5.74) is 2.74.